The van der Waals surface area contributed by atoms with Crippen LogP contribution in [-0.4, -0.2) is 14.2 Å². The lowest BCUT2D eigenvalue weighted by Gasteiger charge is -2.19. The van der Waals surface area contributed by atoms with E-state index in [2.05, 4.69) is 6.07 Å². The van der Waals surface area contributed by atoms with Gasteiger partial charge in [-0.2, -0.15) is 0 Å². The summed E-state index contributed by atoms with van der Waals surface area (Å²) in [5.74, 6) is 1.59. The van der Waals surface area contributed by atoms with Crippen molar-refractivity contribution in [2.75, 3.05) is 25.7 Å². The Morgan fingerprint density at radius 3 is 1.57 bits per heavy atom. The van der Waals surface area contributed by atoms with Gasteiger partial charge in [-0.3, -0.25) is 0 Å². The molecule has 4 nitrogen and oxygen atoms in total. The molecule has 30 heavy (non-hydrogen) atoms. The fourth-order valence-electron chi connectivity index (χ4n) is 3.64. The normalized spacial score (nSPS) is 10.6. The minimum absolute atomic E-state index is 0.562. The van der Waals surface area contributed by atoms with Crippen LogP contribution in [0.2, 0.25) is 0 Å². The SMILES string of the molecule is COc1ccc(-c2cc(-c3ccccc3)c(N)c(N)c2-c2ccc(OC)cc2)cc1. The molecule has 150 valence electrons. The number of hydrogen-bond donors (Lipinski definition) is 2. The average molecular weight is 396 g/mol. The predicted octanol–water partition coefficient (Wildman–Crippen LogP) is 5.87. The molecule has 0 unspecified atom stereocenters. The van der Waals surface area contributed by atoms with Crippen LogP contribution in [0.5, 0.6) is 11.5 Å². The zero-order chi connectivity index (χ0) is 21.1. The van der Waals surface area contributed by atoms with Crippen molar-refractivity contribution < 1.29 is 9.47 Å². The largest absolute Gasteiger partial charge is 0.497 e. The molecule has 0 bridgehead atoms. The lowest BCUT2D eigenvalue weighted by atomic mass is 9.88. The Hall–Kier alpha value is -3.92. The van der Waals surface area contributed by atoms with Crippen LogP contribution in [0.25, 0.3) is 33.4 Å². The number of nitrogen functional groups attached to an aromatic ring is 2. The van der Waals surface area contributed by atoms with Crippen molar-refractivity contribution in [3.63, 3.8) is 0 Å². The standard InChI is InChI=1S/C26H24N2O2/c1-29-20-12-8-18(9-13-20)22-16-23(17-6-4-3-5-7-17)25(27)26(28)24(22)19-10-14-21(30-2)15-11-19/h3-16H,27-28H2,1-2H3. The fourth-order valence-corrected chi connectivity index (χ4v) is 3.64. The lowest BCUT2D eigenvalue weighted by molar-refractivity contribution is 0.414. The van der Waals surface area contributed by atoms with Crippen LogP contribution in [0.1, 0.15) is 0 Å². The summed E-state index contributed by atoms with van der Waals surface area (Å²) in [7, 11) is 3.31. The Morgan fingerprint density at radius 1 is 0.533 bits per heavy atom. The van der Waals surface area contributed by atoms with Crippen LogP contribution in [0.4, 0.5) is 11.4 Å². The van der Waals surface area contributed by atoms with Crippen molar-refractivity contribution >= 4 is 11.4 Å². The molecule has 4 rings (SSSR count). The highest BCUT2D eigenvalue weighted by molar-refractivity contribution is 6.02. The fraction of sp³-hybridized carbons (Fsp3) is 0.0769. The van der Waals surface area contributed by atoms with Crippen LogP contribution in [0, 0.1) is 0 Å². The summed E-state index contributed by atoms with van der Waals surface area (Å²) < 4.78 is 10.6. The highest BCUT2D eigenvalue weighted by Crippen LogP contribution is 2.45. The molecule has 4 aromatic rings. The van der Waals surface area contributed by atoms with Gasteiger partial charge >= 0.3 is 0 Å². The van der Waals surface area contributed by atoms with E-state index in [4.69, 9.17) is 20.9 Å². The number of nitrogens with two attached hydrogens (primary N) is 2. The first-order valence-electron chi connectivity index (χ1n) is 9.68. The van der Waals surface area contributed by atoms with Crippen molar-refractivity contribution in [2.24, 2.45) is 0 Å². The van der Waals surface area contributed by atoms with Crippen LogP contribution in [0.15, 0.2) is 84.9 Å². The average Bonchev–Trinajstić information content (AvgIpc) is 2.81. The first-order chi connectivity index (χ1) is 14.6. The van der Waals surface area contributed by atoms with E-state index in [9.17, 15) is 0 Å². The van der Waals surface area contributed by atoms with Gasteiger partial charge in [0.15, 0.2) is 0 Å². The first kappa shape index (κ1) is 19.4. The summed E-state index contributed by atoms with van der Waals surface area (Å²) in [6.45, 7) is 0. The number of ether oxygens (including phenoxy) is 2. The van der Waals surface area contributed by atoms with Gasteiger partial charge in [-0.25, -0.2) is 0 Å². The molecule has 0 heterocycles. The zero-order valence-corrected chi connectivity index (χ0v) is 17.1. The van der Waals surface area contributed by atoms with E-state index in [-0.39, 0.29) is 0 Å². The third-order valence-corrected chi connectivity index (χ3v) is 5.27. The van der Waals surface area contributed by atoms with Crippen LogP contribution in [0.3, 0.4) is 0 Å². The minimum atomic E-state index is 0.562. The van der Waals surface area contributed by atoms with E-state index < -0.39 is 0 Å². The lowest BCUT2D eigenvalue weighted by Crippen LogP contribution is -2.02. The molecule has 0 amide bonds. The molecule has 0 fully saturated rings. The maximum atomic E-state index is 6.64. The summed E-state index contributed by atoms with van der Waals surface area (Å²) in [6.07, 6.45) is 0. The predicted molar refractivity (Wildman–Crippen MR) is 125 cm³/mol. The molecule has 0 radical (unpaired) electrons. The second-order valence-corrected chi connectivity index (χ2v) is 7.00. The molecular weight excluding hydrogens is 372 g/mol. The Bertz CT molecular complexity index is 1150. The van der Waals surface area contributed by atoms with Crippen molar-refractivity contribution in [1.29, 1.82) is 0 Å². The van der Waals surface area contributed by atoms with Gasteiger partial charge in [-0.1, -0.05) is 54.6 Å². The Kier molecular flexibility index (Phi) is 5.31. The molecule has 0 aliphatic heterocycles. The van der Waals surface area contributed by atoms with Gasteiger partial charge in [0.05, 0.1) is 25.6 Å². The Balaban J connectivity index is 1.98. The molecule has 4 aromatic carbocycles. The Labute approximate surface area is 176 Å². The topological polar surface area (TPSA) is 70.5 Å². The highest BCUT2D eigenvalue weighted by Gasteiger charge is 2.18. The molecule has 0 aromatic heterocycles. The van der Waals surface area contributed by atoms with Crippen LogP contribution >= 0.6 is 0 Å². The van der Waals surface area contributed by atoms with Gasteiger partial charge in [-0.15, -0.1) is 0 Å². The van der Waals surface area contributed by atoms with Crippen molar-refractivity contribution in [3.05, 3.63) is 84.9 Å². The molecule has 0 atom stereocenters. The molecule has 4 heteroatoms. The zero-order valence-electron chi connectivity index (χ0n) is 17.1. The molecule has 4 N–H and O–H groups in total. The van der Waals surface area contributed by atoms with Crippen LogP contribution in [-0.2, 0) is 0 Å². The summed E-state index contributed by atoms with van der Waals surface area (Å²) in [6, 6.07) is 28.0. The Morgan fingerprint density at radius 2 is 1.03 bits per heavy atom. The first-order valence-corrected chi connectivity index (χ1v) is 9.68. The molecule has 0 saturated heterocycles. The highest BCUT2D eigenvalue weighted by atomic mass is 16.5. The molecule has 0 aliphatic carbocycles. The van der Waals surface area contributed by atoms with Gasteiger partial charge < -0.3 is 20.9 Å². The third-order valence-electron chi connectivity index (χ3n) is 5.27. The van der Waals surface area contributed by atoms with Gasteiger partial charge in [0.1, 0.15) is 11.5 Å². The van der Waals surface area contributed by atoms with E-state index in [1.54, 1.807) is 14.2 Å². The van der Waals surface area contributed by atoms with Crippen molar-refractivity contribution in [1.82, 2.24) is 0 Å². The van der Waals surface area contributed by atoms with Crippen molar-refractivity contribution in [3.8, 4) is 44.9 Å². The van der Waals surface area contributed by atoms with Gasteiger partial charge in [0.25, 0.3) is 0 Å². The van der Waals surface area contributed by atoms with E-state index in [0.29, 0.717) is 11.4 Å². The summed E-state index contributed by atoms with van der Waals surface area (Å²) in [5, 5.41) is 0. The molecular formula is C26H24N2O2. The quantitative estimate of drug-likeness (QED) is 0.414. The van der Waals surface area contributed by atoms with E-state index >= 15 is 0 Å². The number of hydrogen-bond acceptors (Lipinski definition) is 4. The van der Waals surface area contributed by atoms with E-state index in [0.717, 1.165) is 44.9 Å². The molecule has 0 aliphatic rings. The van der Waals surface area contributed by atoms with Crippen LogP contribution < -0.4 is 20.9 Å². The smallest absolute Gasteiger partial charge is 0.118 e. The summed E-state index contributed by atoms with van der Waals surface area (Å²) in [5.41, 5.74) is 20.2. The van der Waals surface area contributed by atoms with E-state index in [1.807, 2.05) is 78.9 Å². The number of benzene rings is 4. The second kappa shape index (κ2) is 8.21. The summed E-state index contributed by atoms with van der Waals surface area (Å²) >= 11 is 0. The number of methoxy groups -OCH3 is 2. The third kappa shape index (κ3) is 3.55. The van der Waals surface area contributed by atoms with Gasteiger partial charge in [0.2, 0.25) is 0 Å². The van der Waals surface area contributed by atoms with Gasteiger partial charge in [0, 0.05) is 11.1 Å². The maximum Gasteiger partial charge on any atom is 0.118 e. The minimum Gasteiger partial charge on any atom is -0.497 e. The van der Waals surface area contributed by atoms with Gasteiger partial charge in [-0.05, 0) is 52.6 Å². The second-order valence-electron chi connectivity index (χ2n) is 7.00. The number of anilines is 2. The maximum absolute atomic E-state index is 6.64. The monoisotopic (exact) mass is 396 g/mol. The van der Waals surface area contributed by atoms with Crippen molar-refractivity contribution in [2.45, 2.75) is 0 Å². The molecule has 0 spiro atoms. The van der Waals surface area contributed by atoms with E-state index in [1.165, 1.54) is 0 Å². The molecule has 0 saturated carbocycles. The number of rotatable bonds is 5. The summed E-state index contributed by atoms with van der Waals surface area (Å²) in [4.78, 5) is 0.